The number of benzene rings is 1. The monoisotopic (exact) mass is 279 g/mol. The zero-order valence-electron chi connectivity index (χ0n) is 12.8. The molecule has 5 nitrogen and oxygen atoms in total. The Labute approximate surface area is 121 Å². The minimum Gasteiger partial charge on any atom is -0.496 e. The Bertz CT molecular complexity index is 458. The second-order valence-corrected chi connectivity index (χ2v) is 5.08. The summed E-state index contributed by atoms with van der Waals surface area (Å²) in [5, 5.41) is 11.8. The molecule has 3 N–H and O–H groups in total. The molecular formula is C15H25N3O2. The molecule has 0 heterocycles. The molecule has 5 heteroatoms. The van der Waals surface area contributed by atoms with Gasteiger partial charge in [0.1, 0.15) is 5.75 Å². The van der Waals surface area contributed by atoms with Crippen molar-refractivity contribution in [2.45, 2.75) is 39.8 Å². The van der Waals surface area contributed by atoms with Gasteiger partial charge >= 0.3 is 0 Å². The van der Waals surface area contributed by atoms with E-state index in [-0.39, 0.29) is 5.84 Å². The number of amidine groups is 1. The summed E-state index contributed by atoms with van der Waals surface area (Å²) in [4.78, 5) is 2.37. The maximum absolute atomic E-state index is 8.78. The maximum atomic E-state index is 8.78. The van der Waals surface area contributed by atoms with Crippen molar-refractivity contribution in [1.29, 1.82) is 0 Å². The molecule has 1 aromatic rings. The molecule has 0 unspecified atom stereocenters. The smallest absolute Gasteiger partial charge is 0.170 e. The zero-order chi connectivity index (χ0) is 15.1. The SMILES string of the molecule is CCCN(Cc1cc(/C(N)=N/O)ccc1OC)C(C)C. The zero-order valence-corrected chi connectivity index (χ0v) is 12.8. The van der Waals surface area contributed by atoms with Crippen LogP contribution in [0, 0.1) is 0 Å². The molecule has 0 bridgehead atoms. The fourth-order valence-electron chi connectivity index (χ4n) is 2.15. The predicted molar refractivity (Wildman–Crippen MR) is 81.3 cm³/mol. The second-order valence-electron chi connectivity index (χ2n) is 5.08. The summed E-state index contributed by atoms with van der Waals surface area (Å²) >= 11 is 0. The lowest BCUT2D eigenvalue weighted by atomic mass is 10.1. The van der Waals surface area contributed by atoms with Crippen LogP contribution in [0.5, 0.6) is 5.75 Å². The molecule has 0 spiro atoms. The predicted octanol–water partition coefficient (Wildman–Crippen LogP) is 2.41. The summed E-state index contributed by atoms with van der Waals surface area (Å²) in [5.41, 5.74) is 7.39. The van der Waals surface area contributed by atoms with Crippen LogP contribution in [0.3, 0.4) is 0 Å². The van der Waals surface area contributed by atoms with E-state index in [9.17, 15) is 0 Å². The number of nitrogens with zero attached hydrogens (tertiary/aromatic N) is 2. The molecule has 0 atom stereocenters. The van der Waals surface area contributed by atoms with Crippen LogP contribution in [0.1, 0.15) is 38.3 Å². The Morgan fingerprint density at radius 1 is 1.45 bits per heavy atom. The number of hydrogen-bond donors (Lipinski definition) is 2. The summed E-state index contributed by atoms with van der Waals surface area (Å²) < 4.78 is 5.40. The van der Waals surface area contributed by atoms with Crippen molar-refractivity contribution in [3.05, 3.63) is 29.3 Å². The second kappa shape index (κ2) is 7.75. The summed E-state index contributed by atoms with van der Waals surface area (Å²) in [6.07, 6.45) is 1.10. The molecule has 0 aliphatic rings. The highest BCUT2D eigenvalue weighted by molar-refractivity contribution is 5.97. The molecule has 0 amide bonds. The van der Waals surface area contributed by atoms with Crippen molar-refractivity contribution in [2.75, 3.05) is 13.7 Å². The van der Waals surface area contributed by atoms with E-state index in [1.54, 1.807) is 13.2 Å². The number of methoxy groups -OCH3 is 1. The molecule has 1 rings (SSSR count). The Hall–Kier alpha value is -1.75. The molecule has 0 saturated carbocycles. The normalized spacial score (nSPS) is 12.2. The van der Waals surface area contributed by atoms with E-state index in [1.165, 1.54) is 0 Å². The third-order valence-electron chi connectivity index (χ3n) is 3.30. The molecule has 0 aliphatic carbocycles. The van der Waals surface area contributed by atoms with Crippen molar-refractivity contribution in [3.63, 3.8) is 0 Å². The van der Waals surface area contributed by atoms with Crippen LogP contribution in [0.2, 0.25) is 0 Å². The van der Waals surface area contributed by atoms with Gasteiger partial charge in [0.15, 0.2) is 5.84 Å². The molecule has 112 valence electrons. The van der Waals surface area contributed by atoms with E-state index < -0.39 is 0 Å². The van der Waals surface area contributed by atoms with Crippen molar-refractivity contribution >= 4 is 5.84 Å². The van der Waals surface area contributed by atoms with Gasteiger partial charge in [0.2, 0.25) is 0 Å². The van der Waals surface area contributed by atoms with Gasteiger partial charge in [-0.25, -0.2) is 0 Å². The number of hydrogen-bond acceptors (Lipinski definition) is 4. The Balaban J connectivity index is 3.06. The van der Waals surface area contributed by atoms with E-state index in [1.807, 2.05) is 12.1 Å². The molecule has 0 aliphatic heterocycles. The van der Waals surface area contributed by atoms with Gasteiger partial charge in [-0.05, 0) is 45.0 Å². The molecule has 20 heavy (non-hydrogen) atoms. The summed E-state index contributed by atoms with van der Waals surface area (Å²) in [5.74, 6) is 0.932. The average Bonchev–Trinajstić information content (AvgIpc) is 2.45. The molecule has 0 fully saturated rings. The van der Waals surface area contributed by atoms with Gasteiger partial charge < -0.3 is 15.7 Å². The number of ether oxygens (including phenoxy) is 1. The standard InChI is InChI=1S/C15H25N3O2/c1-5-8-18(11(2)3)10-13-9-12(15(16)17-19)6-7-14(13)20-4/h6-7,9,11,19H,5,8,10H2,1-4H3,(H2,16,17). The van der Waals surface area contributed by atoms with Gasteiger partial charge in [0.05, 0.1) is 7.11 Å². The largest absolute Gasteiger partial charge is 0.496 e. The quantitative estimate of drug-likeness (QED) is 0.348. The van der Waals surface area contributed by atoms with Crippen LogP contribution in [0.15, 0.2) is 23.4 Å². The van der Waals surface area contributed by atoms with Crippen molar-refractivity contribution in [1.82, 2.24) is 4.90 Å². The number of nitrogens with two attached hydrogens (primary N) is 1. The van der Waals surface area contributed by atoms with Crippen LogP contribution in [-0.4, -0.2) is 35.6 Å². The highest BCUT2D eigenvalue weighted by Gasteiger charge is 2.13. The molecular weight excluding hydrogens is 254 g/mol. The van der Waals surface area contributed by atoms with Crippen molar-refractivity contribution < 1.29 is 9.94 Å². The van der Waals surface area contributed by atoms with E-state index in [0.29, 0.717) is 11.6 Å². The van der Waals surface area contributed by atoms with Gasteiger partial charge in [-0.3, -0.25) is 4.90 Å². The summed E-state index contributed by atoms with van der Waals surface area (Å²) in [6, 6.07) is 6.01. The fraction of sp³-hybridized carbons (Fsp3) is 0.533. The Morgan fingerprint density at radius 2 is 2.15 bits per heavy atom. The van der Waals surface area contributed by atoms with Crippen molar-refractivity contribution in [3.8, 4) is 5.75 Å². The number of rotatable bonds is 7. The van der Waals surface area contributed by atoms with Gasteiger partial charge in [0.25, 0.3) is 0 Å². The maximum Gasteiger partial charge on any atom is 0.170 e. The van der Waals surface area contributed by atoms with Gasteiger partial charge in [-0.15, -0.1) is 0 Å². The van der Waals surface area contributed by atoms with Crippen LogP contribution >= 0.6 is 0 Å². The van der Waals surface area contributed by atoms with E-state index >= 15 is 0 Å². The lowest BCUT2D eigenvalue weighted by molar-refractivity contribution is 0.210. The highest BCUT2D eigenvalue weighted by Crippen LogP contribution is 2.22. The lowest BCUT2D eigenvalue weighted by Crippen LogP contribution is -2.31. The molecule has 0 radical (unpaired) electrons. The molecule has 1 aromatic carbocycles. The van der Waals surface area contributed by atoms with Crippen LogP contribution in [0.4, 0.5) is 0 Å². The molecule has 0 saturated heterocycles. The molecule has 0 aromatic heterocycles. The number of oxime groups is 1. The van der Waals surface area contributed by atoms with Crippen LogP contribution in [0.25, 0.3) is 0 Å². The van der Waals surface area contributed by atoms with Crippen LogP contribution < -0.4 is 10.5 Å². The van der Waals surface area contributed by atoms with Gasteiger partial charge in [0, 0.05) is 23.7 Å². The third-order valence-corrected chi connectivity index (χ3v) is 3.30. The Kier molecular flexibility index (Phi) is 6.31. The fourth-order valence-corrected chi connectivity index (χ4v) is 2.15. The van der Waals surface area contributed by atoms with E-state index in [0.717, 1.165) is 30.8 Å². The van der Waals surface area contributed by atoms with Gasteiger partial charge in [-0.1, -0.05) is 12.1 Å². The first-order valence-corrected chi connectivity index (χ1v) is 6.92. The first-order chi connectivity index (χ1) is 9.53. The van der Waals surface area contributed by atoms with E-state index in [4.69, 9.17) is 15.7 Å². The third kappa shape index (κ3) is 4.13. The first-order valence-electron chi connectivity index (χ1n) is 6.92. The first kappa shape index (κ1) is 16.3. The highest BCUT2D eigenvalue weighted by atomic mass is 16.5. The summed E-state index contributed by atoms with van der Waals surface area (Å²) in [6.45, 7) is 8.32. The summed E-state index contributed by atoms with van der Waals surface area (Å²) in [7, 11) is 1.65. The topological polar surface area (TPSA) is 71.1 Å². The lowest BCUT2D eigenvalue weighted by Gasteiger charge is -2.27. The van der Waals surface area contributed by atoms with E-state index in [2.05, 4.69) is 30.8 Å². The minimum absolute atomic E-state index is 0.112. The van der Waals surface area contributed by atoms with Crippen LogP contribution in [-0.2, 0) is 6.54 Å². The van der Waals surface area contributed by atoms with Gasteiger partial charge in [-0.2, -0.15) is 0 Å². The Morgan fingerprint density at radius 3 is 2.65 bits per heavy atom. The average molecular weight is 279 g/mol. The van der Waals surface area contributed by atoms with Crippen molar-refractivity contribution in [2.24, 2.45) is 10.9 Å². The minimum atomic E-state index is 0.112.